The Bertz CT molecular complexity index is 2280. The Hall–Kier alpha value is -6.23. The van der Waals surface area contributed by atoms with Gasteiger partial charge in [-0.05, 0) is 98.2 Å². The maximum Gasteiger partial charge on any atom is 0.0992 e. The van der Waals surface area contributed by atoms with E-state index in [2.05, 4.69) is 120 Å². The molecule has 0 fully saturated rings. The lowest BCUT2D eigenvalue weighted by Crippen LogP contribution is -2.07. The molecule has 0 radical (unpaired) electrons. The van der Waals surface area contributed by atoms with Crippen LogP contribution in [-0.4, -0.2) is 4.98 Å². The lowest BCUT2D eigenvalue weighted by molar-refractivity contribution is 0.834. The van der Waals surface area contributed by atoms with Crippen molar-refractivity contribution in [3.05, 3.63) is 167 Å². The van der Waals surface area contributed by atoms with Crippen molar-refractivity contribution >= 4 is 27.6 Å². The number of nitrogens with two attached hydrogens (primary N) is 1. The van der Waals surface area contributed by atoms with Gasteiger partial charge in [-0.15, -0.1) is 0 Å². The molecule has 2 N–H and O–H groups in total. The maximum atomic E-state index is 9.27. The van der Waals surface area contributed by atoms with Crippen molar-refractivity contribution in [3.8, 4) is 34.5 Å². The second kappa shape index (κ2) is 12.4. The summed E-state index contributed by atoms with van der Waals surface area (Å²) in [5.74, 6) is 0.268. The molecule has 7 rings (SSSR count). The van der Waals surface area contributed by atoms with Crippen LogP contribution in [0.25, 0.3) is 50.0 Å². The Kier molecular flexibility index (Phi) is 7.70. The third-order valence-electron chi connectivity index (χ3n) is 8.87. The number of hydrogen-bond acceptors (Lipinski definition) is 4. The average molecular weight is 591 g/mol. The highest BCUT2D eigenvalue weighted by Crippen LogP contribution is 2.41. The zero-order valence-corrected chi connectivity index (χ0v) is 25.2. The lowest BCUT2D eigenvalue weighted by atomic mass is 9.80. The maximum absolute atomic E-state index is 9.27. The van der Waals surface area contributed by atoms with Crippen molar-refractivity contribution in [1.29, 1.82) is 10.5 Å². The highest BCUT2D eigenvalue weighted by Gasteiger charge is 2.21. The Morgan fingerprint density at radius 1 is 0.804 bits per heavy atom. The standard InChI is InChI=1S/C42H30N4/c43-21-19-29(26-44)6-5-28-7-9-31(10-8-28)34-15-17-38-39-18-16-35(25-41(39)37-4-2-1-3-36(37)40(38)24-34)32-11-13-33(14-12-32)42-23-30(27-45)20-22-46-42/h1-4,6-24,35H,5,25,43H2/b21-19-,29-6+. The Morgan fingerprint density at radius 2 is 1.57 bits per heavy atom. The summed E-state index contributed by atoms with van der Waals surface area (Å²) in [5, 5.41) is 23.6. The number of fused-ring (bicyclic) bond motifs is 6. The molecule has 0 spiro atoms. The summed E-state index contributed by atoms with van der Waals surface area (Å²) < 4.78 is 0. The van der Waals surface area contributed by atoms with Gasteiger partial charge in [-0.2, -0.15) is 10.5 Å². The van der Waals surface area contributed by atoms with Gasteiger partial charge in [0.2, 0.25) is 0 Å². The first kappa shape index (κ1) is 28.5. The van der Waals surface area contributed by atoms with Gasteiger partial charge in [0.05, 0.1) is 23.4 Å². The molecule has 1 atom stereocenters. The summed E-state index contributed by atoms with van der Waals surface area (Å²) in [6.45, 7) is 0. The summed E-state index contributed by atoms with van der Waals surface area (Å²) in [6.07, 6.45) is 12.8. The number of benzene rings is 5. The molecule has 4 nitrogen and oxygen atoms in total. The lowest BCUT2D eigenvalue weighted by Gasteiger charge is -2.24. The number of nitriles is 2. The molecule has 1 heterocycles. The third kappa shape index (κ3) is 5.45. The summed E-state index contributed by atoms with van der Waals surface area (Å²) in [4.78, 5) is 4.46. The fraction of sp³-hybridized carbons (Fsp3) is 0.0714. The largest absolute Gasteiger partial charge is 0.405 e. The summed E-state index contributed by atoms with van der Waals surface area (Å²) in [5.41, 5.74) is 15.9. The zero-order valence-electron chi connectivity index (χ0n) is 25.2. The molecule has 6 aromatic rings. The first-order valence-corrected chi connectivity index (χ1v) is 15.3. The smallest absolute Gasteiger partial charge is 0.0992 e. The Labute approximate surface area is 268 Å². The molecule has 5 aromatic carbocycles. The number of nitrogens with zero attached hydrogens (tertiary/aromatic N) is 3. The number of pyridine rings is 1. The highest BCUT2D eigenvalue weighted by atomic mass is 14.7. The van der Waals surface area contributed by atoms with Gasteiger partial charge in [-0.1, -0.05) is 103 Å². The van der Waals surface area contributed by atoms with Crippen LogP contribution in [-0.2, 0) is 12.8 Å². The van der Waals surface area contributed by atoms with Crippen LogP contribution >= 0.6 is 0 Å². The van der Waals surface area contributed by atoms with Crippen LogP contribution in [0, 0.1) is 22.7 Å². The second-order valence-electron chi connectivity index (χ2n) is 11.6. The molecule has 4 heteroatoms. The highest BCUT2D eigenvalue weighted by molar-refractivity contribution is 6.14. The number of hydrogen-bond donors (Lipinski definition) is 1. The first-order chi connectivity index (χ1) is 22.6. The molecule has 0 bridgehead atoms. The Morgan fingerprint density at radius 3 is 2.33 bits per heavy atom. The molecular formula is C42H30N4. The predicted molar refractivity (Wildman–Crippen MR) is 187 cm³/mol. The molecule has 218 valence electrons. The normalized spacial score (nSPS) is 14.3. The summed E-state index contributed by atoms with van der Waals surface area (Å²) >= 11 is 0. The molecule has 1 aromatic heterocycles. The van der Waals surface area contributed by atoms with Crippen LogP contribution in [0.15, 0.2) is 139 Å². The minimum Gasteiger partial charge on any atom is -0.405 e. The predicted octanol–water partition coefficient (Wildman–Crippen LogP) is 9.41. The quantitative estimate of drug-likeness (QED) is 0.119. The van der Waals surface area contributed by atoms with Gasteiger partial charge >= 0.3 is 0 Å². The van der Waals surface area contributed by atoms with E-state index in [1.807, 2.05) is 12.1 Å². The molecule has 1 aliphatic carbocycles. The van der Waals surface area contributed by atoms with Gasteiger partial charge in [0, 0.05) is 23.3 Å². The molecular weight excluding hydrogens is 560 g/mol. The fourth-order valence-corrected chi connectivity index (χ4v) is 6.48. The average Bonchev–Trinajstić information content (AvgIpc) is 3.13. The van der Waals surface area contributed by atoms with Crippen LogP contribution in [0.4, 0.5) is 0 Å². The zero-order chi connectivity index (χ0) is 31.5. The van der Waals surface area contributed by atoms with E-state index in [4.69, 9.17) is 5.73 Å². The molecule has 1 unspecified atom stereocenters. The van der Waals surface area contributed by atoms with E-state index in [9.17, 15) is 10.5 Å². The molecule has 0 amide bonds. The van der Waals surface area contributed by atoms with Crippen LogP contribution in [0.1, 0.15) is 33.7 Å². The van der Waals surface area contributed by atoms with Gasteiger partial charge in [0.1, 0.15) is 0 Å². The van der Waals surface area contributed by atoms with Crippen molar-refractivity contribution in [3.63, 3.8) is 0 Å². The Balaban J connectivity index is 1.20. The van der Waals surface area contributed by atoms with Gasteiger partial charge in [0.15, 0.2) is 0 Å². The first-order valence-electron chi connectivity index (χ1n) is 15.3. The molecule has 0 saturated carbocycles. The van der Waals surface area contributed by atoms with E-state index in [0.29, 0.717) is 17.6 Å². The minimum atomic E-state index is 0.268. The summed E-state index contributed by atoms with van der Waals surface area (Å²) in [7, 11) is 0. The van der Waals surface area contributed by atoms with E-state index >= 15 is 0 Å². The van der Waals surface area contributed by atoms with Gasteiger partial charge < -0.3 is 5.73 Å². The second-order valence-corrected chi connectivity index (χ2v) is 11.6. The van der Waals surface area contributed by atoms with Crippen LogP contribution in [0.2, 0.25) is 0 Å². The van der Waals surface area contributed by atoms with E-state index in [1.165, 1.54) is 50.0 Å². The number of rotatable bonds is 6. The van der Waals surface area contributed by atoms with E-state index in [-0.39, 0.29) is 5.92 Å². The van der Waals surface area contributed by atoms with Gasteiger partial charge in [0.25, 0.3) is 0 Å². The molecule has 0 aliphatic heterocycles. The van der Waals surface area contributed by atoms with Crippen molar-refractivity contribution in [2.24, 2.45) is 5.73 Å². The molecule has 0 saturated heterocycles. The van der Waals surface area contributed by atoms with E-state index < -0.39 is 0 Å². The van der Waals surface area contributed by atoms with Gasteiger partial charge in [-0.3, -0.25) is 4.98 Å². The molecule has 1 aliphatic rings. The summed E-state index contributed by atoms with van der Waals surface area (Å²) in [6, 6.07) is 40.6. The van der Waals surface area contributed by atoms with Crippen molar-refractivity contribution in [1.82, 2.24) is 4.98 Å². The van der Waals surface area contributed by atoms with Crippen molar-refractivity contribution < 1.29 is 0 Å². The SMILES string of the molecule is N#CC(/C=C\N)=C/Cc1ccc(-c2ccc3c4c(c5ccccc5c3c2)CC(c2ccc(-c3cc(C#N)ccn3)cc2)C=C4)cc1. The topological polar surface area (TPSA) is 86.5 Å². The van der Waals surface area contributed by atoms with Crippen molar-refractivity contribution in [2.75, 3.05) is 0 Å². The van der Waals surface area contributed by atoms with Crippen LogP contribution in [0.5, 0.6) is 0 Å². The number of allylic oxidation sites excluding steroid dienone is 4. The van der Waals surface area contributed by atoms with E-state index in [0.717, 1.165) is 28.8 Å². The van der Waals surface area contributed by atoms with Crippen LogP contribution in [0.3, 0.4) is 0 Å². The fourth-order valence-electron chi connectivity index (χ4n) is 6.48. The van der Waals surface area contributed by atoms with Gasteiger partial charge in [-0.25, -0.2) is 0 Å². The van der Waals surface area contributed by atoms with E-state index in [1.54, 1.807) is 18.3 Å². The van der Waals surface area contributed by atoms with Crippen molar-refractivity contribution in [2.45, 2.75) is 18.8 Å². The molecule has 46 heavy (non-hydrogen) atoms. The number of aromatic nitrogens is 1. The monoisotopic (exact) mass is 590 g/mol. The van der Waals surface area contributed by atoms with Crippen LogP contribution < -0.4 is 5.73 Å². The third-order valence-corrected chi connectivity index (χ3v) is 8.87. The minimum absolute atomic E-state index is 0.268.